The second kappa shape index (κ2) is 6.46. The molecule has 0 aliphatic rings. The molecule has 6 nitrogen and oxygen atoms in total. The van der Waals surface area contributed by atoms with Crippen molar-refractivity contribution in [3.63, 3.8) is 0 Å². The minimum atomic E-state index is -3.58. The van der Waals surface area contributed by atoms with E-state index in [-0.39, 0.29) is 16.5 Å². The van der Waals surface area contributed by atoms with Crippen molar-refractivity contribution in [3.05, 3.63) is 11.3 Å². The average molecular weight is 316 g/mol. The summed E-state index contributed by atoms with van der Waals surface area (Å²) < 4.78 is 26.8. The SMILES string of the molecule is Cc1[nH]nc(S(=O)(=O)N(C)CC(C)(C)C)c1CNC(C)C. The van der Waals surface area contributed by atoms with Gasteiger partial charge in [-0.3, -0.25) is 5.10 Å². The maximum absolute atomic E-state index is 12.7. The van der Waals surface area contributed by atoms with Gasteiger partial charge in [-0.15, -0.1) is 0 Å². The molecule has 0 amide bonds. The minimum absolute atomic E-state index is 0.108. The molecule has 0 saturated carbocycles. The fourth-order valence-electron chi connectivity index (χ4n) is 2.06. The number of sulfonamides is 1. The van der Waals surface area contributed by atoms with Crippen LogP contribution in [0.4, 0.5) is 0 Å². The highest BCUT2D eigenvalue weighted by molar-refractivity contribution is 7.89. The molecule has 0 saturated heterocycles. The third-order valence-electron chi connectivity index (χ3n) is 3.07. The molecule has 0 aromatic carbocycles. The topological polar surface area (TPSA) is 78.1 Å². The van der Waals surface area contributed by atoms with Crippen molar-refractivity contribution in [1.29, 1.82) is 0 Å². The molecule has 0 aliphatic heterocycles. The number of H-pyrrole nitrogens is 1. The van der Waals surface area contributed by atoms with Gasteiger partial charge in [-0.25, -0.2) is 8.42 Å². The van der Waals surface area contributed by atoms with E-state index < -0.39 is 10.0 Å². The van der Waals surface area contributed by atoms with E-state index in [2.05, 4.69) is 15.5 Å². The van der Waals surface area contributed by atoms with Crippen LogP contribution in [0.1, 0.15) is 45.9 Å². The van der Waals surface area contributed by atoms with E-state index in [0.29, 0.717) is 18.7 Å². The fraction of sp³-hybridized carbons (Fsp3) is 0.786. The van der Waals surface area contributed by atoms with Crippen LogP contribution >= 0.6 is 0 Å². The van der Waals surface area contributed by atoms with Crippen molar-refractivity contribution >= 4 is 10.0 Å². The summed E-state index contributed by atoms with van der Waals surface area (Å²) in [5.41, 5.74) is 1.39. The lowest BCUT2D eigenvalue weighted by Crippen LogP contribution is -2.35. The fourth-order valence-corrected chi connectivity index (χ4v) is 3.61. The molecule has 1 rings (SSSR count). The first-order chi connectivity index (χ1) is 9.45. The first kappa shape index (κ1) is 18.1. The molecule has 7 heteroatoms. The van der Waals surface area contributed by atoms with E-state index in [1.54, 1.807) is 7.05 Å². The van der Waals surface area contributed by atoms with Gasteiger partial charge in [0, 0.05) is 37.4 Å². The van der Waals surface area contributed by atoms with Gasteiger partial charge in [0.25, 0.3) is 10.0 Å². The Labute approximate surface area is 128 Å². The van der Waals surface area contributed by atoms with Crippen molar-refractivity contribution in [2.24, 2.45) is 5.41 Å². The highest BCUT2D eigenvalue weighted by Crippen LogP contribution is 2.23. The number of nitrogens with one attached hydrogen (secondary N) is 2. The zero-order valence-electron chi connectivity index (χ0n) is 14.1. The Bertz CT molecular complexity index is 570. The number of rotatable bonds is 6. The van der Waals surface area contributed by atoms with Gasteiger partial charge in [0.05, 0.1) is 0 Å². The van der Waals surface area contributed by atoms with Crippen LogP contribution in [0.3, 0.4) is 0 Å². The van der Waals surface area contributed by atoms with Gasteiger partial charge in [-0.2, -0.15) is 9.40 Å². The molecule has 0 radical (unpaired) electrons. The van der Waals surface area contributed by atoms with E-state index in [0.717, 1.165) is 5.69 Å². The third-order valence-corrected chi connectivity index (χ3v) is 4.85. The molecule has 0 unspecified atom stereocenters. The largest absolute Gasteiger partial charge is 0.310 e. The number of nitrogens with zero attached hydrogens (tertiary/aromatic N) is 2. The van der Waals surface area contributed by atoms with Gasteiger partial charge in [0.2, 0.25) is 0 Å². The molecule has 0 atom stereocenters. The maximum Gasteiger partial charge on any atom is 0.262 e. The molecule has 1 aromatic rings. The van der Waals surface area contributed by atoms with E-state index in [9.17, 15) is 8.42 Å². The number of aryl methyl sites for hydroxylation is 1. The summed E-state index contributed by atoms with van der Waals surface area (Å²) in [5.74, 6) is 0. The summed E-state index contributed by atoms with van der Waals surface area (Å²) >= 11 is 0. The number of hydrogen-bond acceptors (Lipinski definition) is 4. The van der Waals surface area contributed by atoms with Crippen LogP contribution < -0.4 is 5.32 Å². The van der Waals surface area contributed by atoms with Crippen molar-refractivity contribution in [3.8, 4) is 0 Å². The van der Waals surface area contributed by atoms with Crippen LogP contribution in [0.15, 0.2) is 5.03 Å². The molecule has 1 heterocycles. The lowest BCUT2D eigenvalue weighted by atomic mass is 9.97. The number of aromatic amines is 1. The van der Waals surface area contributed by atoms with E-state index in [1.165, 1.54) is 4.31 Å². The highest BCUT2D eigenvalue weighted by atomic mass is 32.2. The van der Waals surface area contributed by atoms with Crippen molar-refractivity contribution in [2.75, 3.05) is 13.6 Å². The predicted octanol–water partition coefficient (Wildman–Crippen LogP) is 1.88. The Kier molecular flexibility index (Phi) is 5.57. The molecule has 0 aliphatic carbocycles. The zero-order chi connectivity index (χ0) is 16.4. The lowest BCUT2D eigenvalue weighted by molar-refractivity contribution is 0.310. The Morgan fingerprint density at radius 3 is 2.38 bits per heavy atom. The second-order valence-electron chi connectivity index (χ2n) is 6.99. The second-order valence-corrected chi connectivity index (χ2v) is 8.95. The molecular formula is C14H28N4O2S. The summed E-state index contributed by atoms with van der Waals surface area (Å²) in [4.78, 5) is 0. The van der Waals surface area contributed by atoms with Crippen LogP contribution in [0.5, 0.6) is 0 Å². The summed E-state index contributed by atoms with van der Waals surface area (Å²) in [6.07, 6.45) is 0. The van der Waals surface area contributed by atoms with Gasteiger partial charge in [-0.1, -0.05) is 34.6 Å². The van der Waals surface area contributed by atoms with Crippen LogP contribution in [0, 0.1) is 12.3 Å². The monoisotopic (exact) mass is 316 g/mol. The van der Waals surface area contributed by atoms with Crippen LogP contribution in [-0.2, 0) is 16.6 Å². The normalized spacial score (nSPS) is 13.4. The molecule has 21 heavy (non-hydrogen) atoms. The highest BCUT2D eigenvalue weighted by Gasteiger charge is 2.30. The zero-order valence-corrected chi connectivity index (χ0v) is 14.9. The van der Waals surface area contributed by atoms with E-state index in [1.807, 2.05) is 41.5 Å². The first-order valence-electron chi connectivity index (χ1n) is 7.18. The minimum Gasteiger partial charge on any atom is -0.310 e. The Morgan fingerprint density at radius 2 is 1.90 bits per heavy atom. The maximum atomic E-state index is 12.7. The summed E-state index contributed by atoms with van der Waals surface area (Å²) in [7, 11) is -1.98. The molecule has 0 spiro atoms. The van der Waals surface area contributed by atoms with Crippen molar-refractivity contribution in [2.45, 2.75) is 59.2 Å². The summed E-state index contributed by atoms with van der Waals surface area (Å²) in [6.45, 7) is 12.8. The standard InChI is InChI=1S/C14H28N4O2S/c1-10(2)15-8-12-11(3)16-17-13(12)21(19,20)18(7)9-14(4,5)6/h10,15H,8-9H2,1-7H3,(H,16,17). The van der Waals surface area contributed by atoms with Crippen LogP contribution in [0.2, 0.25) is 0 Å². The molecule has 0 fully saturated rings. The summed E-state index contributed by atoms with van der Waals surface area (Å²) in [5, 5.41) is 10.2. The summed E-state index contributed by atoms with van der Waals surface area (Å²) in [6, 6.07) is 0.280. The quantitative estimate of drug-likeness (QED) is 0.840. The predicted molar refractivity (Wildman–Crippen MR) is 84.6 cm³/mol. The van der Waals surface area contributed by atoms with E-state index in [4.69, 9.17) is 0 Å². The Hall–Kier alpha value is -0.920. The molecule has 2 N–H and O–H groups in total. The average Bonchev–Trinajstić information content (AvgIpc) is 2.66. The third kappa shape index (κ3) is 4.79. The molecule has 122 valence electrons. The Balaban J connectivity index is 3.09. The van der Waals surface area contributed by atoms with Gasteiger partial charge in [0.15, 0.2) is 5.03 Å². The van der Waals surface area contributed by atoms with Gasteiger partial charge in [-0.05, 0) is 12.3 Å². The Morgan fingerprint density at radius 1 is 1.33 bits per heavy atom. The van der Waals surface area contributed by atoms with Gasteiger partial charge < -0.3 is 5.32 Å². The van der Waals surface area contributed by atoms with Gasteiger partial charge in [0.1, 0.15) is 0 Å². The van der Waals surface area contributed by atoms with Crippen molar-refractivity contribution in [1.82, 2.24) is 19.8 Å². The smallest absolute Gasteiger partial charge is 0.262 e. The lowest BCUT2D eigenvalue weighted by Gasteiger charge is -2.25. The van der Waals surface area contributed by atoms with Crippen molar-refractivity contribution < 1.29 is 8.42 Å². The molecular weight excluding hydrogens is 288 g/mol. The number of aromatic nitrogens is 2. The molecule has 1 aromatic heterocycles. The number of hydrogen-bond donors (Lipinski definition) is 2. The molecule has 0 bridgehead atoms. The van der Waals surface area contributed by atoms with Crippen LogP contribution in [-0.4, -0.2) is 42.6 Å². The van der Waals surface area contributed by atoms with E-state index >= 15 is 0 Å². The first-order valence-corrected chi connectivity index (χ1v) is 8.62. The van der Waals surface area contributed by atoms with Crippen LogP contribution in [0.25, 0.3) is 0 Å². The van der Waals surface area contributed by atoms with Gasteiger partial charge >= 0.3 is 0 Å².